The molecule has 0 amide bonds. The lowest BCUT2D eigenvalue weighted by atomic mass is 10.3. The molecule has 1 heteroatoms. The van der Waals surface area contributed by atoms with E-state index < -0.39 is 0 Å². The molecule has 0 N–H and O–H groups in total. The average molecular weight is 141 g/mol. The van der Waals surface area contributed by atoms with Gasteiger partial charge in [0.2, 0.25) is 0 Å². The largest absolute Gasteiger partial charge is 0.231 e. The molecule has 0 aromatic carbocycles. The van der Waals surface area contributed by atoms with Crippen LogP contribution in [0.1, 0.15) is 18.3 Å². The second kappa shape index (κ2) is 3.44. The van der Waals surface area contributed by atoms with Gasteiger partial charge in [0.25, 0.3) is 0 Å². The van der Waals surface area contributed by atoms with E-state index in [0.717, 1.165) is 5.69 Å². The summed E-state index contributed by atoms with van der Waals surface area (Å²) in [5.74, 6) is 8.03. The van der Waals surface area contributed by atoms with Crippen LogP contribution in [-0.4, -0.2) is 4.98 Å². The molecule has 0 aliphatic rings. The lowest BCUT2D eigenvalue weighted by molar-refractivity contribution is 1.25. The number of hydrogen-bond donors (Lipinski definition) is 0. The van der Waals surface area contributed by atoms with E-state index in [1.165, 1.54) is 0 Å². The van der Waals surface area contributed by atoms with Crippen molar-refractivity contribution < 1.29 is 0 Å². The quantitative estimate of drug-likeness (QED) is 0.498. The maximum absolute atomic E-state index is 5.15. The van der Waals surface area contributed by atoms with Gasteiger partial charge in [0.05, 0.1) is 0 Å². The van der Waals surface area contributed by atoms with Crippen molar-refractivity contribution in [3.8, 4) is 24.2 Å². The number of hydrogen-bond acceptors (Lipinski definition) is 1. The summed E-state index contributed by atoms with van der Waals surface area (Å²) < 4.78 is 0. The molecule has 1 aromatic heterocycles. The second-order valence-electron chi connectivity index (χ2n) is 1.93. The number of nitrogens with zero attached hydrogens (tertiary/aromatic N) is 1. The van der Waals surface area contributed by atoms with Gasteiger partial charge in [0.15, 0.2) is 0 Å². The summed E-state index contributed by atoms with van der Waals surface area (Å²) in [6.07, 6.45) is 5.15. The van der Waals surface area contributed by atoms with Gasteiger partial charge in [-0.25, -0.2) is 4.98 Å². The van der Waals surface area contributed by atoms with Gasteiger partial charge < -0.3 is 0 Å². The Morgan fingerprint density at radius 3 is 2.73 bits per heavy atom. The zero-order valence-corrected chi connectivity index (χ0v) is 6.26. The predicted octanol–water partition coefficient (Wildman–Crippen LogP) is 1.43. The second-order valence-corrected chi connectivity index (χ2v) is 1.93. The standard InChI is InChI=1S/C10H7N/c1-3-6-10-8-5-7-9(4-2)11-10/h2,5,7-8H,1H3. The van der Waals surface area contributed by atoms with Gasteiger partial charge in [-0.1, -0.05) is 17.9 Å². The van der Waals surface area contributed by atoms with Crippen LogP contribution in [0.5, 0.6) is 0 Å². The van der Waals surface area contributed by atoms with E-state index in [2.05, 4.69) is 22.7 Å². The van der Waals surface area contributed by atoms with E-state index in [1.807, 2.05) is 12.1 Å². The number of aromatic nitrogens is 1. The maximum atomic E-state index is 5.15. The van der Waals surface area contributed by atoms with Crippen LogP contribution in [0.15, 0.2) is 18.2 Å². The predicted molar refractivity (Wildman–Crippen MR) is 44.7 cm³/mol. The highest BCUT2D eigenvalue weighted by Crippen LogP contribution is 1.95. The molecule has 11 heavy (non-hydrogen) atoms. The minimum atomic E-state index is 0.630. The van der Waals surface area contributed by atoms with E-state index in [9.17, 15) is 0 Å². The minimum Gasteiger partial charge on any atom is -0.231 e. The van der Waals surface area contributed by atoms with Crippen LogP contribution in [0.4, 0.5) is 0 Å². The molecule has 0 saturated carbocycles. The number of rotatable bonds is 0. The fourth-order valence-electron chi connectivity index (χ4n) is 0.713. The summed E-state index contributed by atoms with van der Waals surface area (Å²) in [5.41, 5.74) is 1.35. The monoisotopic (exact) mass is 141 g/mol. The van der Waals surface area contributed by atoms with Crippen LogP contribution in [-0.2, 0) is 0 Å². The zero-order chi connectivity index (χ0) is 8.10. The Bertz CT molecular complexity index is 347. The highest BCUT2D eigenvalue weighted by atomic mass is 14.7. The fraction of sp³-hybridized carbons (Fsp3) is 0.100. The normalized spacial score (nSPS) is 7.64. The molecular weight excluding hydrogens is 134 g/mol. The smallest absolute Gasteiger partial charge is 0.114 e. The minimum absolute atomic E-state index is 0.630. The molecule has 1 rings (SSSR count). The molecule has 0 aliphatic heterocycles. The fourth-order valence-corrected chi connectivity index (χ4v) is 0.713. The average Bonchev–Trinajstić information content (AvgIpc) is 2.06. The molecule has 0 aliphatic carbocycles. The van der Waals surface area contributed by atoms with Gasteiger partial charge in [-0.05, 0) is 25.0 Å². The Balaban J connectivity index is 3.10. The zero-order valence-electron chi connectivity index (χ0n) is 6.26. The van der Waals surface area contributed by atoms with Gasteiger partial charge in [-0.3, -0.25) is 0 Å². The van der Waals surface area contributed by atoms with Gasteiger partial charge in [0, 0.05) is 0 Å². The van der Waals surface area contributed by atoms with Gasteiger partial charge in [-0.15, -0.1) is 6.42 Å². The molecule has 1 aromatic rings. The van der Waals surface area contributed by atoms with Crippen LogP contribution in [0.25, 0.3) is 0 Å². The van der Waals surface area contributed by atoms with Crippen LogP contribution in [0.2, 0.25) is 0 Å². The van der Waals surface area contributed by atoms with Crippen molar-refractivity contribution in [2.45, 2.75) is 6.92 Å². The first-order valence-electron chi connectivity index (χ1n) is 3.23. The molecule has 0 fully saturated rings. The molecule has 0 saturated heterocycles. The van der Waals surface area contributed by atoms with Crippen molar-refractivity contribution in [2.75, 3.05) is 0 Å². The van der Waals surface area contributed by atoms with Crippen molar-refractivity contribution in [3.05, 3.63) is 29.6 Å². The molecule has 0 spiro atoms. The summed E-state index contributed by atoms with van der Waals surface area (Å²) in [6, 6.07) is 5.46. The Morgan fingerprint density at radius 1 is 1.36 bits per heavy atom. The Hall–Kier alpha value is -1.73. The number of terminal acetylenes is 1. The molecule has 0 atom stereocenters. The highest BCUT2D eigenvalue weighted by molar-refractivity contribution is 5.32. The topological polar surface area (TPSA) is 12.9 Å². The first-order chi connectivity index (χ1) is 5.36. The lowest BCUT2D eigenvalue weighted by Crippen LogP contribution is -1.85. The number of pyridine rings is 1. The van der Waals surface area contributed by atoms with Crippen LogP contribution < -0.4 is 0 Å². The molecule has 1 heterocycles. The van der Waals surface area contributed by atoms with Crippen LogP contribution in [0.3, 0.4) is 0 Å². The van der Waals surface area contributed by atoms with Gasteiger partial charge in [-0.2, -0.15) is 0 Å². The van der Waals surface area contributed by atoms with Gasteiger partial charge >= 0.3 is 0 Å². The third kappa shape index (κ3) is 1.85. The van der Waals surface area contributed by atoms with E-state index in [1.54, 1.807) is 13.0 Å². The van der Waals surface area contributed by atoms with E-state index in [-0.39, 0.29) is 0 Å². The third-order valence-electron chi connectivity index (χ3n) is 1.15. The Kier molecular flexibility index (Phi) is 2.31. The highest BCUT2D eigenvalue weighted by Gasteiger charge is 1.88. The van der Waals surface area contributed by atoms with Gasteiger partial charge in [0.1, 0.15) is 11.4 Å². The first kappa shape index (κ1) is 7.38. The van der Waals surface area contributed by atoms with Crippen molar-refractivity contribution in [3.63, 3.8) is 0 Å². The lowest BCUT2D eigenvalue weighted by Gasteiger charge is -1.89. The molecule has 0 radical (unpaired) electrons. The summed E-state index contributed by atoms with van der Waals surface area (Å²) in [6.45, 7) is 1.77. The molecular formula is C10H7N. The first-order valence-corrected chi connectivity index (χ1v) is 3.23. The van der Waals surface area contributed by atoms with E-state index >= 15 is 0 Å². The summed E-state index contributed by atoms with van der Waals surface area (Å²) in [7, 11) is 0. The molecule has 52 valence electrons. The molecule has 0 unspecified atom stereocenters. The molecule has 0 bridgehead atoms. The van der Waals surface area contributed by atoms with E-state index in [0.29, 0.717) is 5.69 Å². The van der Waals surface area contributed by atoms with Crippen molar-refractivity contribution in [1.29, 1.82) is 0 Å². The maximum Gasteiger partial charge on any atom is 0.114 e. The molecule has 1 nitrogen and oxygen atoms in total. The summed E-state index contributed by atoms with van der Waals surface area (Å²) >= 11 is 0. The SMILES string of the molecule is C#Cc1cccc(C#CC)n1. The summed E-state index contributed by atoms with van der Waals surface area (Å²) in [4.78, 5) is 4.07. The van der Waals surface area contributed by atoms with Crippen LogP contribution in [0, 0.1) is 24.2 Å². The van der Waals surface area contributed by atoms with E-state index in [4.69, 9.17) is 6.42 Å². The van der Waals surface area contributed by atoms with Crippen molar-refractivity contribution in [2.24, 2.45) is 0 Å². The van der Waals surface area contributed by atoms with Crippen molar-refractivity contribution in [1.82, 2.24) is 4.98 Å². The summed E-state index contributed by atoms with van der Waals surface area (Å²) in [5, 5.41) is 0. The van der Waals surface area contributed by atoms with Crippen LogP contribution >= 0.6 is 0 Å². The third-order valence-corrected chi connectivity index (χ3v) is 1.15. The Labute approximate surface area is 66.5 Å². The Morgan fingerprint density at radius 2 is 2.09 bits per heavy atom. The van der Waals surface area contributed by atoms with Crippen molar-refractivity contribution >= 4 is 0 Å².